The molecule has 0 aromatic heterocycles. The highest BCUT2D eigenvalue weighted by Gasteiger charge is 2.20. The molecule has 1 atom stereocenters. The van der Waals surface area contributed by atoms with E-state index in [0.717, 1.165) is 5.56 Å². The summed E-state index contributed by atoms with van der Waals surface area (Å²) < 4.78 is 4.69. The Hall–Kier alpha value is -1.84. The fraction of sp³-hybridized carbons (Fsp3) is 0.385. The van der Waals surface area contributed by atoms with Crippen LogP contribution in [-0.4, -0.2) is 24.0 Å². The van der Waals surface area contributed by atoms with Crippen LogP contribution < -0.4 is 0 Å². The third-order valence-corrected chi connectivity index (χ3v) is 2.65. The van der Waals surface area contributed by atoms with Crippen LogP contribution in [0.15, 0.2) is 30.3 Å². The van der Waals surface area contributed by atoms with Crippen molar-refractivity contribution in [3.05, 3.63) is 35.9 Å². The van der Waals surface area contributed by atoms with Gasteiger partial charge >= 0.3 is 0 Å². The zero-order valence-electron chi connectivity index (χ0n) is 10.1. The van der Waals surface area contributed by atoms with E-state index < -0.39 is 0 Å². The molecular formula is C13H17NO3. The van der Waals surface area contributed by atoms with Crippen LogP contribution in [0.5, 0.6) is 0 Å². The third-order valence-electron chi connectivity index (χ3n) is 2.65. The summed E-state index contributed by atoms with van der Waals surface area (Å²) >= 11 is 0. The van der Waals surface area contributed by atoms with Gasteiger partial charge in [0, 0.05) is 6.42 Å². The van der Waals surface area contributed by atoms with Crippen LogP contribution in [-0.2, 0) is 14.3 Å². The van der Waals surface area contributed by atoms with Gasteiger partial charge in [0.25, 0.3) is 6.47 Å². The average molecular weight is 235 g/mol. The smallest absolute Gasteiger partial charge is 0.294 e. The first-order chi connectivity index (χ1) is 8.20. The molecule has 0 spiro atoms. The molecule has 0 aliphatic heterocycles. The summed E-state index contributed by atoms with van der Waals surface area (Å²) in [6.07, 6.45) is 0.388. The van der Waals surface area contributed by atoms with E-state index in [4.69, 9.17) is 0 Å². The summed E-state index contributed by atoms with van der Waals surface area (Å²) in [7, 11) is 0. The van der Waals surface area contributed by atoms with Crippen molar-refractivity contribution in [2.45, 2.75) is 26.3 Å². The van der Waals surface area contributed by atoms with Gasteiger partial charge in [-0.05, 0) is 12.5 Å². The second-order valence-corrected chi connectivity index (χ2v) is 3.70. The van der Waals surface area contributed by atoms with Crippen LogP contribution in [0.4, 0.5) is 0 Å². The first-order valence-electron chi connectivity index (χ1n) is 5.60. The van der Waals surface area contributed by atoms with Crippen LogP contribution in [0.1, 0.15) is 31.9 Å². The van der Waals surface area contributed by atoms with Crippen molar-refractivity contribution in [3.8, 4) is 0 Å². The molecule has 0 radical (unpaired) electrons. The van der Waals surface area contributed by atoms with Crippen molar-refractivity contribution in [2.75, 3.05) is 6.73 Å². The van der Waals surface area contributed by atoms with Crippen molar-refractivity contribution >= 4 is 12.4 Å². The molecule has 4 heteroatoms. The van der Waals surface area contributed by atoms with E-state index in [2.05, 4.69) is 4.74 Å². The van der Waals surface area contributed by atoms with Crippen LogP contribution in [0.3, 0.4) is 0 Å². The Morgan fingerprint density at radius 1 is 1.41 bits per heavy atom. The van der Waals surface area contributed by atoms with Gasteiger partial charge in [0.2, 0.25) is 5.91 Å². The fourth-order valence-electron chi connectivity index (χ4n) is 1.63. The number of nitrogens with zero attached hydrogens (tertiary/aromatic N) is 1. The lowest BCUT2D eigenvalue weighted by molar-refractivity contribution is -0.145. The normalized spacial score (nSPS) is 11.6. The molecule has 1 aromatic carbocycles. The van der Waals surface area contributed by atoms with Gasteiger partial charge in [-0.2, -0.15) is 0 Å². The lowest BCUT2D eigenvalue weighted by Crippen LogP contribution is -2.34. The Morgan fingerprint density at radius 2 is 2.06 bits per heavy atom. The molecule has 1 rings (SSSR count). The maximum Gasteiger partial charge on any atom is 0.294 e. The number of benzene rings is 1. The maximum absolute atomic E-state index is 11.8. The van der Waals surface area contributed by atoms with E-state index >= 15 is 0 Å². The molecule has 0 N–H and O–H groups in total. The van der Waals surface area contributed by atoms with Crippen LogP contribution >= 0.6 is 0 Å². The van der Waals surface area contributed by atoms with Crippen molar-refractivity contribution < 1.29 is 14.3 Å². The highest BCUT2D eigenvalue weighted by atomic mass is 16.5. The van der Waals surface area contributed by atoms with E-state index in [1.165, 1.54) is 0 Å². The number of amides is 1. The number of ether oxygens (including phenoxy) is 1. The Labute approximate surface area is 101 Å². The summed E-state index contributed by atoms with van der Waals surface area (Å²) in [6, 6.07) is 9.54. The van der Waals surface area contributed by atoms with E-state index in [1.54, 1.807) is 11.8 Å². The minimum atomic E-state index is -0.108. The van der Waals surface area contributed by atoms with E-state index in [0.29, 0.717) is 12.9 Å². The molecule has 4 nitrogen and oxygen atoms in total. The molecule has 1 aromatic rings. The highest BCUT2D eigenvalue weighted by molar-refractivity contribution is 5.76. The minimum absolute atomic E-state index is 0.00770. The molecular weight excluding hydrogens is 218 g/mol. The summed E-state index contributed by atoms with van der Waals surface area (Å²) in [6.45, 7) is 4.05. The third kappa shape index (κ3) is 3.59. The number of carbonyl (C=O) groups is 2. The molecule has 0 saturated heterocycles. The Morgan fingerprint density at radius 3 is 2.59 bits per heavy atom. The summed E-state index contributed by atoms with van der Waals surface area (Å²) in [5.74, 6) is -0.0387. The van der Waals surface area contributed by atoms with Crippen molar-refractivity contribution in [2.24, 2.45) is 0 Å². The topological polar surface area (TPSA) is 46.6 Å². The Balaban J connectivity index is 2.82. The largest absolute Gasteiger partial charge is 0.446 e. The summed E-state index contributed by atoms with van der Waals surface area (Å²) in [5.41, 5.74) is 1.02. The summed E-state index contributed by atoms with van der Waals surface area (Å²) in [5, 5.41) is 0. The van der Waals surface area contributed by atoms with Gasteiger partial charge in [-0.15, -0.1) is 0 Å². The molecule has 92 valence electrons. The number of hydrogen-bond donors (Lipinski definition) is 0. The first-order valence-corrected chi connectivity index (χ1v) is 5.60. The monoisotopic (exact) mass is 235 g/mol. The second kappa shape index (κ2) is 6.68. The second-order valence-electron chi connectivity index (χ2n) is 3.70. The zero-order valence-corrected chi connectivity index (χ0v) is 10.1. The van der Waals surface area contributed by atoms with Crippen LogP contribution in [0.25, 0.3) is 0 Å². The molecule has 0 aliphatic carbocycles. The molecule has 0 unspecified atom stereocenters. The van der Waals surface area contributed by atoms with E-state index in [1.807, 2.05) is 37.3 Å². The van der Waals surface area contributed by atoms with Gasteiger partial charge in [0.15, 0.2) is 6.73 Å². The van der Waals surface area contributed by atoms with Crippen molar-refractivity contribution in [1.82, 2.24) is 4.90 Å². The molecule has 0 heterocycles. The quantitative estimate of drug-likeness (QED) is 0.560. The van der Waals surface area contributed by atoms with Gasteiger partial charge in [0.1, 0.15) is 0 Å². The predicted molar refractivity (Wildman–Crippen MR) is 64.0 cm³/mol. The number of rotatable bonds is 6. The molecule has 0 fully saturated rings. The van der Waals surface area contributed by atoms with Crippen molar-refractivity contribution in [3.63, 3.8) is 0 Å². The molecule has 17 heavy (non-hydrogen) atoms. The SMILES string of the molecule is CCC(=O)N(COC=O)[C@H](C)c1ccccc1. The van der Waals surface area contributed by atoms with Crippen LogP contribution in [0, 0.1) is 0 Å². The average Bonchev–Trinajstić information content (AvgIpc) is 2.39. The molecule has 0 aliphatic rings. The lowest BCUT2D eigenvalue weighted by Gasteiger charge is -2.28. The van der Waals surface area contributed by atoms with Gasteiger partial charge < -0.3 is 9.64 Å². The lowest BCUT2D eigenvalue weighted by atomic mass is 10.1. The van der Waals surface area contributed by atoms with E-state index in [9.17, 15) is 9.59 Å². The molecule has 0 saturated carbocycles. The molecule has 0 bridgehead atoms. The summed E-state index contributed by atoms with van der Waals surface area (Å²) in [4.78, 5) is 23.5. The maximum atomic E-state index is 11.8. The predicted octanol–water partition coefficient (Wildman–Crippen LogP) is 2.12. The molecule has 1 amide bonds. The zero-order chi connectivity index (χ0) is 12.7. The van der Waals surface area contributed by atoms with Gasteiger partial charge in [-0.1, -0.05) is 37.3 Å². The van der Waals surface area contributed by atoms with Gasteiger partial charge in [-0.25, -0.2) is 0 Å². The van der Waals surface area contributed by atoms with Gasteiger partial charge in [0.05, 0.1) is 6.04 Å². The highest BCUT2D eigenvalue weighted by Crippen LogP contribution is 2.20. The van der Waals surface area contributed by atoms with E-state index in [-0.39, 0.29) is 18.7 Å². The standard InChI is InChI=1S/C13H17NO3/c1-3-13(16)14(9-17-10-15)11(2)12-7-5-4-6-8-12/h4-8,10-11H,3,9H2,1-2H3/t11-/m1/s1. The number of hydrogen-bond acceptors (Lipinski definition) is 3. The Kier molecular flexibility index (Phi) is 5.20. The fourth-order valence-corrected chi connectivity index (χ4v) is 1.63. The van der Waals surface area contributed by atoms with Gasteiger partial charge in [-0.3, -0.25) is 9.59 Å². The Bertz CT molecular complexity index is 364. The van der Waals surface area contributed by atoms with Crippen LogP contribution in [0.2, 0.25) is 0 Å². The number of carbonyl (C=O) groups excluding carboxylic acids is 2. The minimum Gasteiger partial charge on any atom is -0.446 e. The first kappa shape index (κ1) is 13.2. The van der Waals surface area contributed by atoms with Crippen molar-refractivity contribution in [1.29, 1.82) is 0 Å².